The molecule has 0 aromatic heterocycles. The maximum absolute atomic E-state index is 15.0. The lowest BCUT2D eigenvalue weighted by atomic mass is 9.79. The SMILES string of the molecule is COc1cc2c(cc1OC)[C@@H](C(=O)NCCCN1CCCCCC1)[C@@H](c1ccccc1F)N(C)C2=O. The third kappa shape index (κ3) is 5.33. The smallest absolute Gasteiger partial charge is 0.254 e. The zero-order valence-electron chi connectivity index (χ0n) is 21.4. The van der Waals surface area contributed by atoms with Gasteiger partial charge >= 0.3 is 0 Å². The normalized spacial score (nSPS) is 20.4. The van der Waals surface area contributed by atoms with Crippen LogP contribution in [0.25, 0.3) is 0 Å². The highest BCUT2D eigenvalue weighted by molar-refractivity contribution is 6.02. The summed E-state index contributed by atoms with van der Waals surface area (Å²) >= 11 is 0. The van der Waals surface area contributed by atoms with E-state index in [9.17, 15) is 14.0 Å². The number of carbonyl (C=O) groups is 2. The molecule has 36 heavy (non-hydrogen) atoms. The highest BCUT2D eigenvalue weighted by Gasteiger charge is 2.44. The first-order valence-electron chi connectivity index (χ1n) is 12.7. The van der Waals surface area contributed by atoms with Crippen LogP contribution in [0.15, 0.2) is 36.4 Å². The Morgan fingerprint density at radius 3 is 2.36 bits per heavy atom. The minimum absolute atomic E-state index is 0.244. The van der Waals surface area contributed by atoms with Crippen LogP contribution in [0, 0.1) is 5.82 Å². The number of halogens is 1. The molecule has 0 spiro atoms. The summed E-state index contributed by atoms with van der Waals surface area (Å²) in [5.41, 5.74) is 1.17. The van der Waals surface area contributed by atoms with E-state index in [4.69, 9.17) is 9.47 Å². The Balaban J connectivity index is 1.63. The molecule has 2 atom stereocenters. The largest absolute Gasteiger partial charge is 0.493 e. The second-order valence-electron chi connectivity index (χ2n) is 9.55. The van der Waals surface area contributed by atoms with Crippen LogP contribution in [0.4, 0.5) is 4.39 Å². The second kappa shape index (κ2) is 11.7. The summed E-state index contributed by atoms with van der Waals surface area (Å²) in [5, 5.41) is 3.07. The van der Waals surface area contributed by atoms with Crippen molar-refractivity contribution in [1.29, 1.82) is 0 Å². The van der Waals surface area contributed by atoms with Crippen molar-refractivity contribution < 1.29 is 23.5 Å². The molecule has 2 aliphatic rings. The fourth-order valence-electron chi connectivity index (χ4n) is 5.42. The Morgan fingerprint density at radius 2 is 1.69 bits per heavy atom. The summed E-state index contributed by atoms with van der Waals surface area (Å²) in [6.45, 7) is 3.65. The Kier molecular flexibility index (Phi) is 8.46. The first-order chi connectivity index (χ1) is 17.5. The second-order valence-corrected chi connectivity index (χ2v) is 9.55. The lowest BCUT2D eigenvalue weighted by Gasteiger charge is -2.40. The Labute approximate surface area is 212 Å². The molecule has 2 amide bonds. The molecule has 1 saturated heterocycles. The lowest BCUT2D eigenvalue weighted by Crippen LogP contribution is -2.46. The predicted molar refractivity (Wildman–Crippen MR) is 136 cm³/mol. The van der Waals surface area contributed by atoms with E-state index in [2.05, 4.69) is 10.2 Å². The molecule has 2 heterocycles. The van der Waals surface area contributed by atoms with E-state index < -0.39 is 17.8 Å². The van der Waals surface area contributed by atoms with E-state index in [1.165, 1.54) is 50.9 Å². The molecule has 0 bridgehead atoms. The van der Waals surface area contributed by atoms with Gasteiger partial charge in [0, 0.05) is 24.7 Å². The minimum atomic E-state index is -0.808. The number of likely N-dealkylation sites (N-methyl/N-ethyl adjacent to an activating group) is 1. The maximum Gasteiger partial charge on any atom is 0.254 e. The van der Waals surface area contributed by atoms with Gasteiger partial charge in [-0.2, -0.15) is 0 Å². The first-order valence-corrected chi connectivity index (χ1v) is 12.7. The molecule has 4 rings (SSSR count). The summed E-state index contributed by atoms with van der Waals surface area (Å²) < 4.78 is 25.8. The number of ether oxygens (including phenoxy) is 2. The minimum Gasteiger partial charge on any atom is -0.493 e. The van der Waals surface area contributed by atoms with E-state index in [-0.39, 0.29) is 11.8 Å². The zero-order chi connectivity index (χ0) is 25.7. The monoisotopic (exact) mass is 497 g/mol. The molecule has 2 aliphatic heterocycles. The molecule has 1 fully saturated rings. The number of likely N-dealkylation sites (tertiary alicyclic amines) is 1. The number of fused-ring (bicyclic) bond motifs is 1. The fourth-order valence-corrected chi connectivity index (χ4v) is 5.42. The molecule has 2 aromatic rings. The molecule has 1 N–H and O–H groups in total. The van der Waals surface area contributed by atoms with Gasteiger partial charge in [-0.3, -0.25) is 9.59 Å². The van der Waals surface area contributed by atoms with E-state index >= 15 is 0 Å². The van der Waals surface area contributed by atoms with Crippen molar-refractivity contribution >= 4 is 11.8 Å². The third-order valence-corrected chi connectivity index (χ3v) is 7.33. The van der Waals surface area contributed by atoms with E-state index in [0.717, 1.165) is 26.1 Å². The van der Waals surface area contributed by atoms with E-state index in [1.807, 2.05) is 0 Å². The molecule has 0 aliphatic carbocycles. The number of hydrogen-bond acceptors (Lipinski definition) is 5. The summed E-state index contributed by atoms with van der Waals surface area (Å²) in [5.74, 6) is -0.988. The van der Waals surface area contributed by atoms with Crippen molar-refractivity contribution in [3.63, 3.8) is 0 Å². The molecule has 2 aromatic carbocycles. The summed E-state index contributed by atoms with van der Waals surface area (Å²) in [6.07, 6.45) is 5.84. The van der Waals surface area contributed by atoms with Gasteiger partial charge in [-0.05, 0) is 62.7 Å². The maximum atomic E-state index is 15.0. The Bertz CT molecular complexity index is 1080. The van der Waals surface area contributed by atoms with Gasteiger partial charge in [0.05, 0.1) is 26.2 Å². The number of rotatable bonds is 8. The molecular formula is C28H36FN3O4. The van der Waals surface area contributed by atoms with Gasteiger partial charge in [0.1, 0.15) is 5.82 Å². The number of methoxy groups -OCH3 is 2. The number of amides is 2. The number of carbonyl (C=O) groups excluding carboxylic acids is 2. The Hall–Kier alpha value is -3.13. The number of hydrogen-bond donors (Lipinski definition) is 1. The molecular weight excluding hydrogens is 461 g/mol. The van der Waals surface area contributed by atoms with Crippen LogP contribution in [0.2, 0.25) is 0 Å². The highest BCUT2D eigenvalue weighted by atomic mass is 19.1. The molecule has 194 valence electrons. The van der Waals surface area contributed by atoms with E-state index in [1.54, 1.807) is 37.4 Å². The van der Waals surface area contributed by atoms with Crippen LogP contribution in [0.1, 0.15) is 65.5 Å². The predicted octanol–water partition coefficient (Wildman–Crippen LogP) is 4.14. The lowest BCUT2D eigenvalue weighted by molar-refractivity contribution is -0.124. The van der Waals surface area contributed by atoms with Gasteiger partial charge in [0.25, 0.3) is 5.91 Å². The average Bonchev–Trinajstić information content (AvgIpc) is 3.17. The summed E-state index contributed by atoms with van der Waals surface area (Å²) in [4.78, 5) is 31.0. The Morgan fingerprint density at radius 1 is 1.03 bits per heavy atom. The topological polar surface area (TPSA) is 71.1 Å². The summed E-state index contributed by atoms with van der Waals surface area (Å²) in [6, 6.07) is 8.79. The average molecular weight is 498 g/mol. The molecule has 0 radical (unpaired) electrons. The van der Waals surface area contributed by atoms with Crippen LogP contribution in [0.3, 0.4) is 0 Å². The van der Waals surface area contributed by atoms with Crippen molar-refractivity contribution in [2.24, 2.45) is 0 Å². The molecule has 8 heteroatoms. The standard InChI is InChI=1S/C28H36FN3O4/c1-31-26(19-11-6-7-12-22(19)29)25(20-17-23(35-2)24(36-3)18-21(20)28(31)34)27(33)30-13-10-16-32-14-8-4-5-9-15-32/h6-7,11-12,17-18,25-26H,4-5,8-10,13-16H2,1-3H3,(H,30,33)/t25-,26-/m1/s1. The molecule has 0 saturated carbocycles. The van der Waals surface area contributed by atoms with Crippen LogP contribution in [-0.4, -0.2) is 69.1 Å². The van der Waals surface area contributed by atoms with Crippen molar-refractivity contribution in [3.8, 4) is 11.5 Å². The van der Waals surface area contributed by atoms with Crippen molar-refractivity contribution in [1.82, 2.24) is 15.1 Å². The zero-order valence-corrected chi connectivity index (χ0v) is 21.4. The highest BCUT2D eigenvalue weighted by Crippen LogP contribution is 2.46. The fraction of sp³-hybridized carbons (Fsp3) is 0.500. The number of benzene rings is 2. The van der Waals surface area contributed by atoms with Crippen molar-refractivity contribution in [2.45, 2.75) is 44.1 Å². The molecule has 7 nitrogen and oxygen atoms in total. The van der Waals surface area contributed by atoms with Gasteiger partial charge in [-0.15, -0.1) is 0 Å². The van der Waals surface area contributed by atoms with Gasteiger partial charge in [-0.25, -0.2) is 4.39 Å². The number of nitrogens with one attached hydrogen (secondary N) is 1. The number of nitrogens with zero attached hydrogens (tertiary/aromatic N) is 2. The van der Waals surface area contributed by atoms with Gasteiger partial charge in [0.2, 0.25) is 5.91 Å². The molecule has 0 unspecified atom stereocenters. The van der Waals surface area contributed by atoms with Crippen LogP contribution in [0.5, 0.6) is 11.5 Å². The third-order valence-electron chi connectivity index (χ3n) is 7.33. The van der Waals surface area contributed by atoms with E-state index in [0.29, 0.717) is 34.7 Å². The first kappa shape index (κ1) is 25.9. The van der Waals surface area contributed by atoms with Crippen molar-refractivity contribution in [3.05, 3.63) is 58.9 Å². The van der Waals surface area contributed by atoms with Gasteiger partial charge in [0.15, 0.2) is 11.5 Å². The van der Waals surface area contributed by atoms with Crippen LogP contribution >= 0.6 is 0 Å². The van der Waals surface area contributed by atoms with Crippen LogP contribution in [-0.2, 0) is 4.79 Å². The van der Waals surface area contributed by atoms with Gasteiger partial charge < -0.3 is 24.6 Å². The quantitative estimate of drug-likeness (QED) is 0.556. The van der Waals surface area contributed by atoms with Crippen LogP contribution < -0.4 is 14.8 Å². The van der Waals surface area contributed by atoms with Crippen molar-refractivity contribution in [2.75, 3.05) is 47.4 Å². The van der Waals surface area contributed by atoms with Gasteiger partial charge in [-0.1, -0.05) is 31.0 Å². The summed E-state index contributed by atoms with van der Waals surface area (Å²) in [7, 11) is 4.61.